The third-order valence-electron chi connectivity index (χ3n) is 5.05. The summed E-state index contributed by atoms with van der Waals surface area (Å²) in [4.78, 5) is 25.4. The topological polar surface area (TPSA) is 78.8 Å². The molecule has 3 heterocycles. The smallest absolute Gasteiger partial charge is 0.264 e. The Morgan fingerprint density at radius 2 is 2.16 bits per heavy atom. The zero-order chi connectivity index (χ0) is 21.6. The average molecular weight is 458 g/mol. The van der Waals surface area contributed by atoms with Crippen LogP contribution in [0.25, 0.3) is 6.08 Å². The molecule has 9 heteroatoms. The molecule has 4 rings (SSSR count). The summed E-state index contributed by atoms with van der Waals surface area (Å²) in [5.41, 5.74) is 3.16. The van der Waals surface area contributed by atoms with Gasteiger partial charge in [0.25, 0.3) is 5.91 Å². The molecule has 1 aromatic heterocycles. The number of aryl methyl sites for hydroxylation is 2. The number of nitrogens with one attached hydrogen (secondary N) is 2. The van der Waals surface area contributed by atoms with Crippen molar-refractivity contribution in [3.63, 3.8) is 0 Å². The standard InChI is InChI=1S/C22H27N5O2S2/c1-15-4-5-18(16(2)12-15)25-22-26-20(28)19(31-22)13-17-14-24-21(30-17)23-6-3-7-27-8-10-29-11-9-27/h4-5,12-14H,3,6-11H2,1-2H3,(H,23,24)(H,25,26,28)/b19-13-. The van der Waals surface area contributed by atoms with E-state index in [-0.39, 0.29) is 5.91 Å². The van der Waals surface area contributed by atoms with Crippen LogP contribution in [-0.4, -0.2) is 60.4 Å². The van der Waals surface area contributed by atoms with Gasteiger partial charge in [0, 0.05) is 25.8 Å². The molecular formula is C22H27N5O2S2. The first-order valence-electron chi connectivity index (χ1n) is 10.4. The zero-order valence-electron chi connectivity index (χ0n) is 17.8. The number of carbonyl (C=O) groups excluding carboxylic acids is 1. The molecule has 2 aromatic rings. The number of aliphatic imine (C=N–C) groups is 1. The van der Waals surface area contributed by atoms with Crippen molar-refractivity contribution in [1.29, 1.82) is 0 Å². The minimum Gasteiger partial charge on any atom is -0.379 e. The Balaban J connectivity index is 1.31. The van der Waals surface area contributed by atoms with E-state index in [1.807, 2.05) is 25.1 Å². The lowest BCUT2D eigenvalue weighted by Crippen LogP contribution is -2.37. The number of rotatable bonds is 7. The molecule has 2 N–H and O–H groups in total. The number of thioether (sulfide) groups is 1. The molecule has 2 aliphatic rings. The van der Waals surface area contributed by atoms with Gasteiger partial charge in [-0.05, 0) is 56.3 Å². The van der Waals surface area contributed by atoms with Crippen LogP contribution < -0.4 is 10.6 Å². The zero-order valence-corrected chi connectivity index (χ0v) is 19.4. The van der Waals surface area contributed by atoms with Crippen LogP contribution in [0.1, 0.15) is 22.4 Å². The predicted octanol–water partition coefficient (Wildman–Crippen LogP) is 3.79. The molecule has 0 spiro atoms. The molecule has 7 nitrogen and oxygen atoms in total. The second-order valence-electron chi connectivity index (χ2n) is 7.57. The summed E-state index contributed by atoms with van der Waals surface area (Å²) in [5, 5.41) is 7.72. The predicted molar refractivity (Wildman–Crippen MR) is 129 cm³/mol. The van der Waals surface area contributed by atoms with E-state index in [4.69, 9.17) is 4.74 Å². The quantitative estimate of drug-likeness (QED) is 0.487. The lowest BCUT2D eigenvalue weighted by Gasteiger charge is -2.26. The second-order valence-corrected chi connectivity index (χ2v) is 9.67. The van der Waals surface area contributed by atoms with Gasteiger partial charge in [-0.3, -0.25) is 9.69 Å². The third kappa shape index (κ3) is 6.16. The Bertz CT molecular complexity index is 996. The molecule has 31 heavy (non-hydrogen) atoms. The minimum absolute atomic E-state index is 0.123. The maximum atomic E-state index is 12.4. The fourth-order valence-electron chi connectivity index (χ4n) is 3.41. The van der Waals surface area contributed by atoms with Crippen LogP contribution >= 0.6 is 23.1 Å². The Kier molecular flexibility index (Phi) is 7.39. The molecule has 2 saturated heterocycles. The summed E-state index contributed by atoms with van der Waals surface area (Å²) >= 11 is 2.91. The van der Waals surface area contributed by atoms with E-state index in [1.54, 1.807) is 17.5 Å². The van der Waals surface area contributed by atoms with Crippen molar-refractivity contribution in [2.24, 2.45) is 4.99 Å². The molecular weight excluding hydrogens is 430 g/mol. The van der Waals surface area contributed by atoms with Crippen molar-refractivity contribution in [2.75, 3.05) is 44.7 Å². The molecule has 0 bridgehead atoms. The van der Waals surface area contributed by atoms with Crippen LogP contribution in [0.15, 0.2) is 34.3 Å². The molecule has 0 aliphatic carbocycles. The number of benzene rings is 1. The number of morpholine rings is 1. The summed E-state index contributed by atoms with van der Waals surface area (Å²) < 4.78 is 5.38. The van der Waals surface area contributed by atoms with Crippen molar-refractivity contribution in [3.05, 3.63) is 45.3 Å². The number of amidine groups is 1. The van der Waals surface area contributed by atoms with Crippen molar-refractivity contribution < 1.29 is 9.53 Å². The molecule has 0 atom stereocenters. The number of amides is 1. The second kappa shape index (κ2) is 10.4. The van der Waals surface area contributed by atoms with Gasteiger partial charge in [0.05, 0.1) is 28.7 Å². The number of ether oxygens (including phenoxy) is 1. The van der Waals surface area contributed by atoms with Crippen molar-refractivity contribution in [3.8, 4) is 0 Å². The summed E-state index contributed by atoms with van der Waals surface area (Å²) in [6.45, 7) is 9.73. The number of hydrogen-bond donors (Lipinski definition) is 2. The molecule has 0 unspecified atom stereocenters. The lowest BCUT2D eigenvalue weighted by atomic mass is 10.1. The first-order chi connectivity index (χ1) is 15.1. The minimum atomic E-state index is -0.123. The number of aromatic nitrogens is 1. The maximum Gasteiger partial charge on any atom is 0.264 e. The highest BCUT2D eigenvalue weighted by Crippen LogP contribution is 2.31. The number of thiazole rings is 1. The molecule has 0 radical (unpaired) electrons. The normalized spacial score (nSPS) is 19.9. The van der Waals surface area contributed by atoms with Gasteiger partial charge in [0.1, 0.15) is 0 Å². The number of carbonyl (C=O) groups is 1. The van der Waals surface area contributed by atoms with E-state index in [1.165, 1.54) is 17.3 Å². The first kappa shape index (κ1) is 22.0. The fraction of sp³-hybridized carbons (Fsp3) is 0.409. The molecule has 0 saturated carbocycles. The summed E-state index contributed by atoms with van der Waals surface area (Å²) in [6, 6.07) is 6.09. The highest BCUT2D eigenvalue weighted by atomic mass is 32.2. The van der Waals surface area contributed by atoms with Crippen molar-refractivity contribution in [1.82, 2.24) is 15.2 Å². The summed E-state index contributed by atoms with van der Waals surface area (Å²) in [5.74, 6) is -0.123. The van der Waals surface area contributed by atoms with Gasteiger partial charge in [-0.15, -0.1) is 0 Å². The fourth-order valence-corrected chi connectivity index (χ4v) is 5.09. The molecule has 2 aliphatic heterocycles. The number of anilines is 1. The molecule has 1 aromatic carbocycles. The van der Waals surface area contributed by atoms with Gasteiger partial charge in [-0.2, -0.15) is 0 Å². The van der Waals surface area contributed by atoms with E-state index < -0.39 is 0 Å². The Labute approximate surface area is 191 Å². The SMILES string of the molecule is Cc1ccc(N=C2NC(=O)/C(=C/c3cnc(NCCCN4CCOCC4)s3)S2)c(C)c1. The van der Waals surface area contributed by atoms with E-state index in [9.17, 15) is 4.79 Å². The first-order valence-corrected chi connectivity index (χ1v) is 12.1. The average Bonchev–Trinajstić information content (AvgIpc) is 3.34. The summed E-state index contributed by atoms with van der Waals surface area (Å²) in [6.07, 6.45) is 4.74. The van der Waals surface area contributed by atoms with Crippen LogP contribution in [0, 0.1) is 13.8 Å². The van der Waals surface area contributed by atoms with Crippen LogP contribution in [-0.2, 0) is 9.53 Å². The van der Waals surface area contributed by atoms with Gasteiger partial charge in [0.15, 0.2) is 10.3 Å². The Morgan fingerprint density at radius 1 is 1.32 bits per heavy atom. The summed E-state index contributed by atoms with van der Waals surface area (Å²) in [7, 11) is 0. The molecule has 164 valence electrons. The van der Waals surface area contributed by atoms with Gasteiger partial charge in [-0.1, -0.05) is 29.0 Å². The van der Waals surface area contributed by atoms with Crippen LogP contribution in [0.3, 0.4) is 0 Å². The van der Waals surface area contributed by atoms with Gasteiger partial charge >= 0.3 is 0 Å². The van der Waals surface area contributed by atoms with Crippen LogP contribution in [0.4, 0.5) is 10.8 Å². The number of nitrogens with zero attached hydrogens (tertiary/aromatic N) is 3. The maximum absolute atomic E-state index is 12.4. The van der Waals surface area contributed by atoms with E-state index in [0.717, 1.165) is 67.1 Å². The van der Waals surface area contributed by atoms with Crippen LogP contribution in [0.5, 0.6) is 0 Å². The molecule has 1 amide bonds. The Morgan fingerprint density at radius 3 is 2.97 bits per heavy atom. The van der Waals surface area contributed by atoms with E-state index >= 15 is 0 Å². The molecule has 2 fully saturated rings. The highest BCUT2D eigenvalue weighted by molar-refractivity contribution is 8.18. The lowest BCUT2D eigenvalue weighted by molar-refractivity contribution is -0.115. The largest absolute Gasteiger partial charge is 0.379 e. The Hall–Kier alpha value is -2.20. The van der Waals surface area contributed by atoms with Crippen molar-refractivity contribution >= 4 is 51.1 Å². The number of hydrogen-bond acceptors (Lipinski definition) is 8. The monoisotopic (exact) mass is 457 g/mol. The van der Waals surface area contributed by atoms with Crippen LogP contribution in [0.2, 0.25) is 0 Å². The third-order valence-corrected chi connectivity index (χ3v) is 6.87. The van der Waals surface area contributed by atoms with Gasteiger partial charge < -0.3 is 15.4 Å². The van der Waals surface area contributed by atoms with E-state index in [0.29, 0.717) is 10.1 Å². The van der Waals surface area contributed by atoms with Gasteiger partial charge in [0.2, 0.25) is 0 Å². The highest BCUT2D eigenvalue weighted by Gasteiger charge is 2.24. The van der Waals surface area contributed by atoms with E-state index in [2.05, 4.69) is 38.5 Å². The van der Waals surface area contributed by atoms with Gasteiger partial charge in [-0.25, -0.2) is 9.98 Å². The van der Waals surface area contributed by atoms with Crippen molar-refractivity contribution in [2.45, 2.75) is 20.3 Å².